The van der Waals surface area contributed by atoms with Crippen LogP contribution in [-0.2, 0) is 4.74 Å². The lowest BCUT2D eigenvalue weighted by molar-refractivity contribution is 0.0602. The lowest BCUT2D eigenvalue weighted by atomic mass is 10.1. The van der Waals surface area contributed by atoms with Crippen molar-refractivity contribution in [2.45, 2.75) is 13.8 Å². The number of anilines is 3. The van der Waals surface area contributed by atoms with Gasteiger partial charge in [-0.25, -0.2) is 4.79 Å². The van der Waals surface area contributed by atoms with Gasteiger partial charge in [0.25, 0.3) is 0 Å². The minimum absolute atomic E-state index is 0.381. The predicted octanol–water partition coefficient (Wildman–Crippen LogP) is 3.44. The van der Waals surface area contributed by atoms with Gasteiger partial charge in [0.2, 0.25) is 0 Å². The Hall–Kier alpha value is -2.49. The summed E-state index contributed by atoms with van der Waals surface area (Å²) in [6.45, 7) is 4.11. The molecule has 0 amide bonds. The van der Waals surface area contributed by atoms with Gasteiger partial charge in [0, 0.05) is 12.7 Å². The van der Waals surface area contributed by atoms with Gasteiger partial charge in [-0.3, -0.25) is 0 Å². The molecule has 0 fully saturated rings. The van der Waals surface area contributed by atoms with Crippen molar-refractivity contribution >= 4 is 23.0 Å². The zero-order chi connectivity index (χ0) is 15.6. The summed E-state index contributed by atoms with van der Waals surface area (Å²) < 4.78 is 4.76. The first kappa shape index (κ1) is 14.9. The van der Waals surface area contributed by atoms with E-state index in [0.717, 1.165) is 11.4 Å². The van der Waals surface area contributed by atoms with Crippen molar-refractivity contribution in [3.05, 3.63) is 53.1 Å². The Kier molecular flexibility index (Phi) is 4.17. The lowest BCUT2D eigenvalue weighted by Gasteiger charge is -2.23. The number of nitrogens with two attached hydrogens (primary N) is 1. The molecule has 0 bridgehead atoms. The molecule has 0 aromatic heterocycles. The van der Waals surface area contributed by atoms with E-state index in [1.807, 2.05) is 18.0 Å². The first-order valence-electron chi connectivity index (χ1n) is 6.73. The number of benzene rings is 2. The molecule has 0 atom stereocenters. The Morgan fingerprint density at radius 3 is 2.33 bits per heavy atom. The van der Waals surface area contributed by atoms with Crippen LogP contribution in [0.1, 0.15) is 21.5 Å². The molecule has 2 aromatic carbocycles. The van der Waals surface area contributed by atoms with E-state index < -0.39 is 5.97 Å². The molecule has 110 valence electrons. The quantitative estimate of drug-likeness (QED) is 0.693. The van der Waals surface area contributed by atoms with Crippen molar-refractivity contribution < 1.29 is 9.53 Å². The number of para-hydroxylation sites is 1. The summed E-state index contributed by atoms with van der Waals surface area (Å²) in [5.41, 5.74) is 11.1. The van der Waals surface area contributed by atoms with E-state index in [1.165, 1.54) is 18.2 Å². The molecule has 2 N–H and O–H groups in total. The third-order valence-electron chi connectivity index (χ3n) is 3.44. The highest BCUT2D eigenvalue weighted by Crippen LogP contribution is 2.32. The van der Waals surface area contributed by atoms with Crippen molar-refractivity contribution in [2.24, 2.45) is 0 Å². The molecular formula is C17H20N2O2. The van der Waals surface area contributed by atoms with Gasteiger partial charge in [0.05, 0.1) is 24.0 Å². The molecule has 4 heteroatoms. The Balaban J connectivity index is 2.48. The number of ether oxygens (including phenoxy) is 1. The zero-order valence-corrected chi connectivity index (χ0v) is 12.8. The van der Waals surface area contributed by atoms with Gasteiger partial charge in [-0.15, -0.1) is 0 Å². The van der Waals surface area contributed by atoms with Crippen LogP contribution < -0.4 is 10.6 Å². The van der Waals surface area contributed by atoms with E-state index in [-0.39, 0.29) is 0 Å². The summed E-state index contributed by atoms with van der Waals surface area (Å²) in [6, 6.07) is 11.6. The van der Waals surface area contributed by atoms with Crippen molar-refractivity contribution in [3.8, 4) is 0 Å². The predicted molar refractivity (Wildman–Crippen MR) is 86.2 cm³/mol. The van der Waals surface area contributed by atoms with E-state index in [1.54, 1.807) is 12.1 Å². The topological polar surface area (TPSA) is 55.6 Å². The van der Waals surface area contributed by atoms with E-state index in [0.29, 0.717) is 11.3 Å². The number of nitrogen functional groups attached to an aromatic ring is 1. The van der Waals surface area contributed by atoms with Gasteiger partial charge in [-0.1, -0.05) is 12.1 Å². The number of esters is 1. The highest BCUT2D eigenvalue weighted by molar-refractivity contribution is 5.99. The third kappa shape index (κ3) is 2.99. The highest BCUT2D eigenvalue weighted by atomic mass is 16.5. The summed E-state index contributed by atoms with van der Waals surface area (Å²) in [5, 5.41) is 0. The SMILES string of the molecule is COC(=O)c1cccc(N(C)c2cc(C)cc(C)c2)c1N. The molecular weight excluding hydrogens is 264 g/mol. The number of nitrogens with zero attached hydrogens (tertiary/aromatic N) is 1. The van der Waals surface area contributed by atoms with Crippen LogP contribution in [0.2, 0.25) is 0 Å². The van der Waals surface area contributed by atoms with Crippen LogP contribution in [0, 0.1) is 13.8 Å². The Morgan fingerprint density at radius 2 is 1.76 bits per heavy atom. The highest BCUT2D eigenvalue weighted by Gasteiger charge is 2.16. The molecule has 21 heavy (non-hydrogen) atoms. The fourth-order valence-electron chi connectivity index (χ4n) is 2.42. The molecule has 0 heterocycles. The van der Waals surface area contributed by atoms with Crippen LogP contribution in [0.5, 0.6) is 0 Å². The summed E-state index contributed by atoms with van der Waals surface area (Å²) in [6.07, 6.45) is 0. The number of carbonyl (C=O) groups excluding carboxylic acids is 1. The first-order chi connectivity index (χ1) is 9.93. The Bertz CT molecular complexity index is 660. The normalized spacial score (nSPS) is 10.3. The van der Waals surface area contributed by atoms with E-state index in [9.17, 15) is 4.79 Å². The maximum absolute atomic E-state index is 11.7. The number of aryl methyl sites for hydroxylation is 2. The summed E-state index contributed by atoms with van der Waals surface area (Å²) >= 11 is 0. The van der Waals surface area contributed by atoms with Crippen LogP contribution in [0.3, 0.4) is 0 Å². The summed E-state index contributed by atoms with van der Waals surface area (Å²) in [7, 11) is 3.28. The lowest BCUT2D eigenvalue weighted by Crippen LogP contribution is -2.15. The molecule has 0 saturated heterocycles. The van der Waals surface area contributed by atoms with Crippen LogP contribution in [0.4, 0.5) is 17.1 Å². The van der Waals surface area contributed by atoms with Crippen LogP contribution in [0.15, 0.2) is 36.4 Å². The summed E-state index contributed by atoms with van der Waals surface area (Å²) in [4.78, 5) is 13.7. The summed E-state index contributed by atoms with van der Waals surface area (Å²) in [5.74, 6) is -0.428. The molecule has 0 aliphatic heterocycles. The number of methoxy groups -OCH3 is 1. The van der Waals surface area contributed by atoms with Gasteiger partial charge >= 0.3 is 5.97 Å². The second-order valence-electron chi connectivity index (χ2n) is 5.13. The van der Waals surface area contributed by atoms with E-state index in [4.69, 9.17) is 10.5 Å². The molecule has 0 aliphatic carbocycles. The third-order valence-corrected chi connectivity index (χ3v) is 3.44. The zero-order valence-electron chi connectivity index (χ0n) is 12.8. The number of carbonyl (C=O) groups is 1. The minimum Gasteiger partial charge on any atom is -0.465 e. The largest absolute Gasteiger partial charge is 0.465 e. The second kappa shape index (κ2) is 5.87. The van der Waals surface area contributed by atoms with Crippen molar-refractivity contribution in [2.75, 3.05) is 24.8 Å². The minimum atomic E-state index is -0.428. The Morgan fingerprint density at radius 1 is 1.14 bits per heavy atom. The van der Waals surface area contributed by atoms with Crippen molar-refractivity contribution in [3.63, 3.8) is 0 Å². The van der Waals surface area contributed by atoms with Gasteiger partial charge < -0.3 is 15.4 Å². The Labute approximate surface area is 125 Å². The molecule has 0 saturated carbocycles. The smallest absolute Gasteiger partial charge is 0.340 e. The standard InChI is InChI=1S/C17H20N2O2/c1-11-8-12(2)10-13(9-11)19(3)15-7-5-6-14(16(15)18)17(20)21-4/h5-10H,18H2,1-4H3. The van der Waals surface area contributed by atoms with Gasteiger partial charge in [0.1, 0.15) is 0 Å². The second-order valence-corrected chi connectivity index (χ2v) is 5.13. The van der Waals surface area contributed by atoms with Gasteiger partial charge in [-0.2, -0.15) is 0 Å². The molecule has 0 radical (unpaired) electrons. The van der Waals surface area contributed by atoms with E-state index >= 15 is 0 Å². The number of rotatable bonds is 3. The maximum Gasteiger partial charge on any atom is 0.340 e. The van der Waals surface area contributed by atoms with Crippen LogP contribution in [-0.4, -0.2) is 20.1 Å². The van der Waals surface area contributed by atoms with Crippen LogP contribution >= 0.6 is 0 Å². The number of hydrogen-bond acceptors (Lipinski definition) is 4. The molecule has 4 nitrogen and oxygen atoms in total. The maximum atomic E-state index is 11.7. The number of hydrogen-bond donors (Lipinski definition) is 1. The van der Waals surface area contributed by atoms with Gasteiger partial charge in [0.15, 0.2) is 0 Å². The average molecular weight is 284 g/mol. The first-order valence-corrected chi connectivity index (χ1v) is 6.73. The van der Waals surface area contributed by atoms with Crippen molar-refractivity contribution in [1.82, 2.24) is 0 Å². The fourth-order valence-corrected chi connectivity index (χ4v) is 2.42. The molecule has 0 spiro atoms. The van der Waals surface area contributed by atoms with Gasteiger partial charge in [-0.05, 0) is 49.2 Å². The fraction of sp³-hybridized carbons (Fsp3) is 0.235. The van der Waals surface area contributed by atoms with Crippen molar-refractivity contribution in [1.29, 1.82) is 0 Å². The molecule has 0 aliphatic rings. The molecule has 2 rings (SSSR count). The van der Waals surface area contributed by atoms with Crippen LogP contribution in [0.25, 0.3) is 0 Å². The molecule has 2 aromatic rings. The average Bonchev–Trinajstić information content (AvgIpc) is 2.45. The monoisotopic (exact) mass is 284 g/mol. The van der Waals surface area contributed by atoms with E-state index in [2.05, 4.69) is 32.0 Å². The molecule has 0 unspecified atom stereocenters.